The molecule has 0 atom stereocenters. The molecule has 0 spiro atoms. The molecule has 0 aromatic rings. The van der Waals surface area contributed by atoms with Crippen molar-refractivity contribution in [2.45, 2.75) is 58.8 Å². The number of nitrogens with one attached hydrogen (secondary N) is 1. The van der Waals surface area contributed by atoms with E-state index < -0.39 is 0 Å². The monoisotopic (exact) mass is 451 g/mol. The number of ether oxygens (including phenoxy) is 1. The van der Waals surface area contributed by atoms with Gasteiger partial charge >= 0.3 is 0 Å². The molecule has 2 aliphatic rings. The van der Waals surface area contributed by atoms with Crippen molar-refractivity contribution in [1.29, 1.82) is 0 Å². The normalized spacial score (nSPS) is 25.9. The third-order valence-corrected chi connectivity index (χ3v) is 5.54. The number of rotatable bonds is 6. The minimum absolute atomic E-state index is 0. The fraction of sp³-hybridized carbons (Fsp3) is 0.947. The SMILES string of the molecule is CCNC(=NCC1CCC(C)CC1)N(C)CCC1CCOCC1.I. The summed E-state index contributed by atoms with van der Waals surface area (Å²) >= 11 is 0. The second-order valence-electron chi connectivity index (χ2n) is 7.59. The van der Waals surface area contributed by atoms with Gasteiger partial charge in [0.05, 0.1) is 0 Å². The summed E-state index contributed by atoms with van der Waals surface area (Å²) in [6.45, 7) is 9.47. The Balaban J connectivity index is 0.00000288. The molecule has 1 heterocycles. The molecule has 24 heavy (non-hydrogen) atoms. The van der Waals surface area contributed by atoms with E-state index in [4.69, 9.17) is 9.73 Å². The van der Waals surface area contributed by atoms with E-state index >= 15 is 0 Å². The fourth-order valence-electron chi connectivity index (χ4n) is 3.71. The van der Waals surface area contributed by atoms with E-state index in [2.05, 4.69) is 31.1 Å². The van der Waals surface area contributed by atoms with Crippen LogP contribution in [0.5, 0.6) is 0 Å². The van der Waals surface area contributed by atoms with E-state index in [0.29, 0.717) is 0 Å². The van der Waals surface area contributed by atoms with Crippen molar-refractivity contribution in [3.63, 3.8) is 0 Å². The number of hydrogen-bond acceptors (Lipinski definition) is 2. The van der Waals surface area contributed by atoms with Crippen LogP contribution in [0.1, 0.15) is 58.8 Å². The lowest BCUT2D eigenvalue weighted by molar-refractivity contribution is 0.0625. The number of guanidine groups is 1. The van der Waals surface area contributed by atoms with Crippen LogP contribution < -0.4 is 5.32 Å². The third kappa shape index (κ3) is 7.89. The number of nitrogens with zero attached hydrogens (tertiary/aromatic N) is 2. The van der Waals surface area contributed by atoms with Gasteiger partial charge in [0.2, 0.25) is 0 Å². The first-order chi connectivity index (χ1) is 11.2. The summed E-state index contributed by atoms with van der Waals surface area (Å²) in [7, 11) is 2.18. The van der Waals surface area contributed by atoms with Gasteiger partial charge in [0.15, 0.2) is 5.96 Å². The Morgan fingerprint density at radius 1 is 1.08 bits per heavy atom. The molecule has 5 heteroatoms. The van der Waals surface area contributed by atoms with Crippen LogP contribution in [0.4, 0.5) is 0 Å². The minimum Gasteiger partial charge on any atom is -0.381 e. The van der Waals surface area contributed by atoms with E-state index in [1.807, 2.05) is 0 Å². The number of hydrogen-bond donors (Lipinski definition) is 1. The summed E-state index contributed by atoms with van der Waals surface area (Å²) in [6.07, 6.45) is 9.19. The molecule has 0 amide bonds. The van der Waals surface area contributed by atoms with Crippen LogP contribution in [0.25, 0.3) is 0 Å². The molecule has 1 N–H and O–H groups in total. The summed E-state index contributed by atoms with van der Waals surface area (Å²) in [5, 5.41) is 3.47. The molecule has 0 aromatic carbocycles. The summed E-state index contributed by atoms with van der Waals surface area (Å²) in [5.74, 6) is 3.64. The highest BCUT2D eigenvalue weighted by atomic mass is 127. The average Bonchev–Trinajstić information content (AvgIpc) is 2.59. The smallest absolute Gasteiger partial charge is 0.193 e. The Morgan fingerprint density at radius 2 is 1.75 bits per heavy atom. The first-order valence-electron chi connectivity index (χ1n) is 9.76. The van der Waals surface area contributed by atoms with Gasteiger partial charge in [0.1, 0.15) is 0 Å². The van der Waals surface area contributed by atoms with Crippen molar-refractivity contribution in [3.05, 3.63) is 0 Å². The van der Waals surface area contributed by atoms with Gasteiger partial charge in [-0.15, -0.1) is 24.0 Å². The molecule has 1 aliphatic heterocycles. The molecule has 1 saturated heterocycles. The predicted molar refractivity (Wildman–Crippen MR) is 113 cm³/mol. The molecule has 142 valence electrons. The quantitative estimate of drug-likeness (QED) is 0.375. The van der Waals surface area contributed by atoms with Gasteiger partial charge in [-0.1, -0.05) is 19.8 Å². The highest BCUT2D eigenvalue weighted by molar-refractivity contribution is 14.0. The molecule has 2 rings (SSSR count). The third-order valence-electron chi connectivity index (χ3n) is 5.54. The van der Waals surface area contributed by atoms with E-state index in [9.17, 15) is 0 Å². The Hall–Kier alpha value is -0.0400. The van der Waals surface area contributed by atoms with Crippen molar-refractivity contribution in [3.8, 4) is 0 Å². The summed E-state index contributed by atoms with van der Waals surface area (Å²) < 4.78 is 5.46. The van der Waals surface area contributed by atoms with Crippen molar-refractivity contribution in [2.75, 3.05) is 39.9 Å². The molecule has 0 radical (unpaired) electrons. The maximum atomic E-state index is 5.46. The second-order valence-corrected chi connectivity index (χ2v) is 7.59. The molecular formula is C19H38IN3O. The lowest BCUT2D eigenvalue weighted by Crippen LogP contribution is -2.40. The highest BCUT2D eigenvalue weighted by Gasteiger charge is 2.19. The summed E-state index contributed by atoms with van der Waals surface area (Å²) in [4.78, 5) is 7.26. The summed E-state index contributed by atoms with van der Waals surface area (Å²) in [5.41, 5.74) is 0. The lowest BCUT2D eigenvalue weighted by Gasteiger charge is -2.28. The molecule has 1 saturated carbocycles. The first kappa shape index (κ1) is 22.0. The number of halogens is 1. The van der Waals surface area contributed by atoms with Crippen molar-refractivity contribution in [1.82, 2.24) is 10.2 Å². The van der Waals surface area contributed by atoms with Gasteiger partial charge in [-0.05, 0) is 56.8 Å². The summed E-state index contributed by atoms with van der Waals surface area (Å²) in [6, 6.07) is 0. The fourth-order valence-corrected chi connectivity index (χ4v) is 3.71. The van der Waals surface area contributed by atoms with Gasteiger partial charge in [0, 0.05) is 39.9 Å². The molecule has 0 unspecified atom stereocenters. The standard InChI is InChI=1S/C19H37N3O.HI/c1-4-20-19(21-15-18-7-5-16(2)6-8-18)22(3)12-9-17-10-13-23-14-11-17;/h16-18H,4-15H2,1-3H3,(H,20,21);1H. The van der Waals surface area contributed by atoms with Crippen LogP contribution >= 0.6 is 24.0 Å². The van der Waals surface area contributed by atoms with Crippen LogP contribution in [0, 0.1) is 17.8 Å². The molecule has 0 aromatic heterocycles. The van der Waals surface area contributed by atoms with E-state index in [-0.39, 0.29) is 24.0 Å². The van der Waals surface area contributed by atoms with E-state index in [1.54, 1.807) is 0 Å². The topological polar surface area (TPSA) is 36.9 Å². The van der Waals surface area contributed by atoms with Gasteiger partial charge < -0.3 is 15.0 Å². The van der Waals surface area contributed by atoms with Crippen molar-refractivity contribution in [2.24, 2.45) is 22.7 Å². The van der Waals surface area contributed by atoms with Crippen LogP contribution in [0.15, 0.2) is 4.99 Å². The van der Waals surface area contributed by atoms with Gasteiger partial charge in [-0.2, -0.15) is 0 Å². The minimum atomic E-state index is 0. The maximum absolute atomic E-state index is 5.46. The van der Waals surface area contributed by atoms with Crippen LogP contribution in [0.3, 0.4) is 0 Å². The van der Waals surface area contributed by atoms with E-state index in [0.717, 1.165) is 56.6 Å². The van der Waals surface area contributed by atoms with Crippen molar-refractivity contribution < 1.29 is 4.74 Å². The molecule has 2 fully saturated rings. The Labute approximate surface area is 166 Å². The van der Waals surface area contributed by atoms with E-state index in [1.165, 1.54) is 44.9 Å². The van der Waals surface area contributed by atoms with Gasteiger partial charge in [-0.3, -0.25) is 4.99 Å². The van der Waals surface area contributed by atoms with Gasteiger partial charge in [0.25, 0.3) is 0 Å². The maximum Gasteiger partial charge on any atom is 0.193 e. The zero-order chi connectivity index (χ0) is 16.5. The second kappa shape index (κ2) is 12.3. The van der Waals surface area contributed by atoms with Crippen LogP contribution in [-0.4, -0.2) is 50.8 Å². The molecule has 1 aliphatic carbocycles. The largest absolute Gasteiger partial charge is 0.381 e. The lowest BCUT2D eigenvalue weighted by atomic mass is 9.83. The van der Waals surface area contributed by atoms with Crippen LogP contribution in [0.2, 0.25) is 0 Å². The zero-order valence-corrected chi connectivity index (χ0v) is 18.3. The first-order valence-corrected chi connectivity index (χ1v) is 9.76. The average molecular weight is 451 g/mol. The van der Waals surface area contributed by atoms with Crippen LogP contribution in [-0.2, 0) is 4.74 Å². The Kier molecular flexibility index (Phi) is 11.3. The highest BCUT2D eigenvalue weighted by Crippen LogP contribution is 2.28. The number of aliphatic imine (C=N–C) groups is 1. The zero-order valence-electron chi connectivity index (χ0n) is 15.9. The molecular weight excluding hydrogens is 413 g/mol. The van der Waals surface area contributed by atoms with Crippen molar-refractivity contribution >= 4 is 29.9 Å². The Morgan fingerprint density at radius 3 is 2.38 bits per heavy atom. The molecule has 4 nitrogen and oxygen atoms in total. The van der Waals surface area contributed by atoms with Gasteiger partial charge in [-0.25, -0.2) is 0 Å². The predicted octanol–water partition coefficient (Wildman–Crippen LogP) is 4.14. The Bertz CT molecular complexity index is 351. The molecule has 0 bridgehead atoms.